The number of carbonyl (C=O) groups is 1. The number of carbonyl (C=O) groups excluding carboxylic acids is 1. The number of aromatic nitrogens is 1. The van der Waals surface area contributed by atoms with E-state index < -0.39 is 6.09 Å². The number of ether oxygens (including phenoxy) is 1. The summed E-state index contributed by atoms with van der Waals surface area (Å²) >= 11 is 0. The number of oxime groups is 1. The molecular weight excluding hydrogens is 366 g/mol. The molecule has 0 saturated carbocycles. The lowest BCUT2D eigenvalue weighted by Crippen LogP contribution is -2.14. The first kappa shape index (κ1) is 18.7. The Morgan fingerprint density at radius 2 is 1.83 bits per heavy atom. The molecule has 0 aliphatic carbocycles. The van der Waals surface area contributed by atoms with Crippen molar-refractivity contribution in [3.8, 4) is 0 Å². The second kappa shape index (κ2) is 9.01. The fourth-order valence-electron chi connectivity index (χ4n) is 3.10. The summed E-state index contributed by atoms with van der Waals surface area (Å²) < 4.78 is 5.18. The first-order valence-electron chi connectivity index (χ1n) is 9.45. The Morgan fingerprint density at radius 1 is 1.03 bits per heavy atom. The van der Waals surface area contributed by atoms with Gasteiger partial charge in [-0.15, -0.1) is 0 Å². The molecule has 6 heteroatoms. The van der Waals surface area contributed by atoms with E-state index >= 15 is 0 Å². The Hall–Kier alpha value is -3.67. The van der Waals surface area contributed by atoms with Crippen LogP contribution in [0.25, 0.3) is 0 Å². The van der Waals surface area contributed by atoms with Gasteiger partial charge in [0.15, 0.2) is 6.10 Å². The molecule has 146 valence electrons. The van der Waals surface area contributed by atoms with Crippen molar-refractivity contribution < 1.29 is 14.4 Å². The highest BCUT2D eigenvalue weighted by atomic mass is 16.6. The molecule has 1 atom stereocenters. The van der Waals surface area contributed by atoms with Crippen LogP contribution in [0.4, 0.5) is 10.5 Å². The van der Waals surface area contributed by atoms with E-state index in [1.165, 1.54) is 5.56 Å². The zero-order chi connectivity index (χ0) is 19.9. The quantitative estimate of drug-likeness (QED) is 0.654. The summed E-state index contributed by atoms with van der Waals surface area (Å²) in [5.41, 5.74) is 4.62. The number of rotatable bonds is 6. The normalized spacial score (nSPS) is 15.3. The van der Waals surface area contributed by atoms with Crippen LogP contribution in [0.3, 0.4) is 0 Å². The van der Waals surface area contributed by atoms with Crippen LogP contribution >= 0.6 is 0 Å². The molecule has 6 nitrogen and oxygen atoms in total. The number of nitrogens with zero attached hydrogens (tertiary/aromatic N) is 2. The minimum atomic E-state index is -0.519. The Bertz CT molecular complexity index is 973. The lowest BCUT2D eigenvalue weighted by Gasteiger charge is -2.10. The first-order chi connectivity index (χ1) is 14.3. The van der Waals surface area contributed by atoms with Crippen molar-refractivity contribution in [1.29, 1.82) is 0 Å². The van der Waals surface area contributed by atoms with Crippen molar-refractivity contribution in [2.45, 2.75) is 25.6 Å². The number of hydrogen-bond acceptors (Lipinski definition) is 5. The molecule has 29 heavy (non-hydrogen) atoms. The largest absolute Gasteiger partial charge is 0.443 e. The summed E-state index contributed by atoms with van der Waals surface area (Å²) in [7, 11) is 0. The van der Waals surface area contributed by atoms with Crippen LogP contribution in [0.5, 0.6) is 0 Å². The van der Waals surface area contributed by atoms with Gasteiger partial charge in [-0.1, -0.05) is 53.7 Å². The van der Waals surface area contributed by atoms with Gasteiger partial charge in [0.05, 0.1) is 11.4 Å². The van der Waals surface area contributed by atoms with Gasteiger partial charge in [0, 0.05) is 24.7 Å². The summed E-state index contributed by atoms with van der Waals surface area (Å²) in [6.07, 6.45) is 2.59. The summed E-state index contributed by atoms with van der Waals surface area (Å²) in [4.78, 5) is 21.7. The predicted molar refractivity (Wildman–Crippen MR) is 111 cm³/mol. The topological polar surface area (TPSA) is 72.8 Å². The smallest absolute Gasteiger partial charge is 0.412 e. The highest BCUT2D eigenvalue weighted by molar-refractivity contribution is 5.87. The maximum atomic E-state index is 11.9. The number of hydrogen-bond donors (Lipinski definition) is 1. The predicted octanol–water partition coefficient (Wildman–Crippen LogP) is 4.89. The van der Waals surface area contributed by atoms with Crippen LogP contribution < -0.4 is 5.32 Å². The molecule has 1 N–H and O–H groups in total. The van der Waals surface area contributed by atoms with E-state index in [-0.39, 0.29) is 12.7 Å². The van der Waals surface area contributed by atoms with Gasteiger partial charge in [-0.2, -0.15) is 0 Å². The number of anilines is 1. The van der Waals surface area contributed by atoms with Crippen LogP contribution in [0.1, 0.15) is 29.3 Å². The van der Waals surface area contributed by atoms with Crippen molar-refractivity contribution in [2.24, 2.45) is 5.16 Å². The highest BCUT2D eigenvalue weighted by Crippen LogP contribution is 2.29. The second-order valence-corrected chi connectivity index (χ2v) is 6.76. The van der Waals surface area contributed by atoms with Gasteiger partial charge in [-0.25, -0.2) is 4.79 Å². The molecule has 1 amide bonds. The lowest BCUT2D eigenvalue weighted by molar-refractivity contribution is 0.0857. The van der Waals surface area contributed by atoms with Gasteiger partial charge < -0.3 is 9.57 Å². The van der Waals surface area contributed by atoms with E-state index in [4.69, 9.17) is 9.57 Å². The van der Waals surface area contributed by atoms with E-state index in [0.29, 0.717) is 11.4 Å². The van der Waals surface area contributed by atoms with Crippen LogP contribution in [-0.4, -0.2) is 16.8 Å². The third-order valence-corrected chi connectivity index (χ3v) is 4.59. The molecule has 0 spiro atoms. The Labute approximate surface area is 169 Å². The molecule has 3 aromatic rings. The van der Waals surface area contributed by atoms with E-state index in [1.807, 2.05) is 54.6 Å². The number of nitrogens with one attached hydrogen (secondary N) is 1. The minimum absolute atomic E-state index is 0.0983. The van der Waals surface area contributed by atoms with E-state index in [2.05, 4.69) is 27.6 Å². The van der Waals surface area contributed by atoms with Crippen LogP contribution in [0, 0.1) is 0 Å². The number of amides is 1. The summed E-state index contributed by atoms with van der Waals surface area (Å²) in [6, 6.07) is 23.2. The zero-order valence-corrected chi connectivity index (χ0v) is 15.8. The average Bonchev–Trinajstić information content (AvgIpc) is 3.23. The van der Waals surface area contributed by atoms with Crippen molar-refractivity contribution >= 4 is 17.5 Å². The Kier molecular flexibility index (Phi) is 5.81. The molecule has 2 heterocycles. The van der Waals surface area contributed by atoms with Crippen molar-refractivity contribution in [3.63, 3.8) is 0 Å². The molecular formula is C23H21N3O3. The highest BCUT2D eigenvalue weighted by Gasteiger charge is 2.22. The van der Waals surface area contributed by atoms with Crippen molar-refractivity contribution in [3.05, 3.63) is 95.8 Å². The summed E-state index contributed by atoms with van der Waals surface area (Å²) in [5, 5.41) is 6.95. The molecule has 0 saturated heterocycles. The van der Waals surface area contributed by atoms with Gasteiger partial charge in [-0.3, -0.25) is 10.3 Å². The van der Waals surface area contributed by atoms with Gasteiger partial charge >= 0.3 is 6.09 Å². The van der Waals surface area contributed by atoms with Crippen LogP contribution in [-0.2, 0) is 22.6 Å². The third kappa shape index (κ3) is 5.19. The third-order valence-electron chi connectivity index (χ3n) is 4.59. The van der Waals surface area contributed by atoms with Gasteiger partial charge in [0.2, 0.25) is 0 Å². The van der Waals surface area contributed by atoms with Crippen molar-refractivity contribution in [1.82, 2.24) is 4.98 Å². The fourth-order valence-corrected chi connectivity index (χ4v) is 3.10. The molecule has 1 aliphatic rings. The standard InChI is InChI=1S/C23H21N3O3/c27-23(28-16-20-8-4-5-13-24-20)25-19-11-9-18(10-12-19)22-15-21(26-29-22)14-17-6-2-1-3-7-17/h1-13,22H,14-16H2,(H,25,27). The molecule has 0 radical (unpaired) electrons. The maximum absolute atomic E-state index is 11.9. The lowest BCUT2D eigenvalue weighted by atomic mass is 10.0. The number of benzene rings is 2. The summed E-state index contributed by atoms with van der Waals surface area (Å²) in [5.74, 6) is 0. The molecule has 1 unspecified atom stereocenters. The SMILES string of the molecule is O=C(Nc1ccc(C2CC(Cc3ccccc3)=NO2)cc1)OCc1ccccn1. The zero-order valence-electron chi connectivity index (χ0n) is 15.8. The molecule has 0 fully saturated rings. The molecule has 1 aromatic heterocycles. The second-order valence-electron chi connectivity index (χ2n) is 6.76. The number of pyridine rings is 1. The Balaban J connectivity index is 1.26. The van der Waals surface area contributed by atoms with E-state index in [1.54, 1.807) is 12.3 Å². The average molecular weight is 387 g/mol. The minimum Gasteiger partial charge on any atom is -0.443 e. The molecule has 0 bridgehead atoms. The van der Waals surface area contributed by atoms with E-state index in [0.717, 1.165) is 24.1 Å². The van der Waals surface area contributed by atoms with Crippen LogP contribution in [0.2, 0.25) is 0 Å². The van der Waals surface area contributed by atoms with Gasteiger partial charge in [0.25, 0.3) is 0 Å². The molecule has 2 aromatic carbocycles. The maximum Gasteiger partial charge on any atom is 0.412 e. The van der Waals surface area contributed by atoms with Crippen LogP contribution in [0.15, 0.2) is 84.1 Å². The van der Waals surface area contributed by atoms with Gasteiger partial charge in [0.1, 0.15) is 6.61 Å². The summed E-state index contributed by atoms with van der Waals surface area (Å²) in [6.45, 7) is 0.127. The van der Waals surface area contributed by atoms with Crippen molar-refractivity contribution in [2.75, 3.05) is 5.32 Å². The van der Waals surface area contributed by atoms with E-state index in [9.17, 15) is 4.79 Å². The fraction of sp³-hybridized carbons (Fsp3) is 0.174. The monoisotopic (exact) mass is 387 g/mol. The van der Waals surface area contributed by atoms with Gasteiger partial charge in [-0.05, 0) is 35.4 Å². The molecule has 1 aliphatic heterocycles. The molecule has 4 rings (SSSR count). The Morgan fingerprint density at radius 3 is 2.59 bits per heavy atom. The first-order valence-corrected chi connectivity index (χ1v) is 9.45.